The first-order chi connectivity index (χ1) is 36.6. The Bertz CT molecular complexity index is 3340. The van der Waals surface area contributed by atoms with Gasteiger partial charge < -0.3 is 24.1 Å². The third-order valence-corrected chi connectivity index (χ3v) is 12.3. The van der Waals surface area contributed by atoms with Crippen LogP contribution in [0.1, 0.15) is 45.0 Å². The third-order valence-electron chi connectivity index (χ3n) is 11.3. The van der Waals surface area contributed by atoms with Gasteiger partial charge in [-0.3, -0.25) is 9.36 Å². The van der Waals surface area contributed by atoms with Crippen molar-refractivity contribution in [3.05, 3.63) is 130 Å². The molecule has 0 aliphatic carbocycles. The number of aryl methyl sites for hydroxylation is 2. The molecular weight excluding hydrogens is 1190 g/mol. The number of rotatable bonds is 13. The second-order valence-corrected chi connectivity index (χ2v) is 19.2. The highest BCUT2D eigenvalue weighted by molar-refractivity contribution is 9.10. The molecule has 0 spiro atoms. The summed E-state index contributed by atoms with van der Waals surface area (Å²) in [5.74, 6) is -10.1. The molecule has 16 nitrogen and oxygen atoms in total. The van der Waals surface area contributed by atoms with E-state index >= 15 is 0 Å². The molecule has 4 aromatic heterocycles. The molecule has 0 saturated carbocycles. The summed E-state index contributed by atoms with van der Waals surface area (Å²) >= 11 is 6.77. The normalized spacial score (nSPS) is 13.1. The summed E-state index contributed by atoms with van der Waals surface area (Å²) in [6, 6.07) is 22.5. The van der Waals surface area contributed by atoms with E-state index in [-0.39, 0.29) is 18.1 Å². The Balaban J connectivity index is 0.000000207. The smallest absolute Gasteiger partial charge is 0.461 e. The molecule has 0 amide bonds. The summed E-state index contributed by atoms with van der Waals surface area (Å²) in [5.41, 5.74) is 0.282. The molecule has 1 aliphatic rings. The van der Waals surface area contributed by atoms with Gasteiger partial charge >= 0.3 is 30.5 Å². The van der Waals surface area contributed by atoms with Gasteiger partial charge in [0.15, 0.2) is 0 Å². The van der Waals surface area contributed by atoms with Gasteiger partial charge in [-0.2, -0.15) is 27.8 Å². The SMILES string of the molecule is C1CCOC1.CCOC(=O)C(F)(F)c1cc(-c2ccc(Br)cc2-n2nncc2-c2ccc(OC(F)(F)F)cc2)n(C)n1.Cn1nc(C(F)(F)C(C)(C)O)cc1-c1ccc(Br)cc1-n1nncc1-c1ccc(OC(F)(F)F)cc1. The summed E-state index contributed by atoms with van der Waals surface area (Å²) in [6.07, 6.45) is -4.28. The number of halogens is 12. The monoisotopic (exact) mass is 1230 g/mol. The molecule has 0 unspecified atom stereocenters. The fourth-order valence-corrected chi connectivity index (χ4v) is 8.26. The van der Waals surface area contributed by atoms with Crippen LogP contribution < -0.4 is 9.47 Å². The van der Waals surface area contributed by atoms with E-state index in [0.29, 0.717) is 59.7 Å². The van der Waals surface area contributed by atoms with Crippen molar-refractivity contribution in [1.82, 2.24) is 49.5 Å². The van der Waals surface area contributed by atoms with Crippen LogP contribution in [-0.4, -0.2) is 98.8 Å². The molecule has 414 valence electrons. The summed E-state index contributed by atoms with van der Waals surface area (Å²) in [4.78, 5) is 11.8. The predicted octanol–water partition coefficient (Wildman–Crippen LogP) is 12.3. The van der Waals surface area contributed by atoms with Crippen molar-refractivity contribution in [1.29, 1.82) is 0 Å². The molecule has 0 bridgehead atoms. The zero-order valence-electron chi connectivity index (χ0n) is 41.4. The Morgan fingerprint density at radius 3 is 1.40 bits per heavy atom. The lowest BCUT2D eigenvalue weighted by molar-refractivity contribution is -0.275. The van der Waals surface area contributed by atoms with Crippen LogP contribution in [-0.2, 0) is 40.2 Å². The van der Waals surface area contributed by atoms with Crippen LogP contribution in [0.4, 0.5) is 43.9 Å². The average molecular weight is 1230 g/mol. The van der Waals surface area contributed by atoms with E-state index in [0.717, 1.165) is 57.4 Å². The first-order valence-corrected chi connectivity index (χ1v) is 24.6. The first kappa shape index (κ1) is 58.5. The number of carbonyl (C=O) groups excluding carboxylic acids is 1. The van der Waals surface area contributed by atoms with Crippen LogP contribution in [0.3, 0.4) is 0 Å². The molecule has 1 saturated heterocycles. The maximum Gasteiger partial charge on any atom is 0.573 e. The Morgan fingerprint density at radius 2 is 1.03 bits per heavy atom. The van der Waals surface area contributed by atoms with Gasteiger partial charge in [-0.25, -0.2) is 14.2 Å². The fourth-order valence-electron chi connectivity index (χ4n) is 7.56. The van der Waals surface area contributed by atoms with Gasteiger partial charge in [0.1, 0.15) is 28.5 Å². The Kier molecular flexibility index (Phi) is 17.6. The standard InChI is InChI=1S/C23H17BrF5N5O3.C23H19BrF5N5O2.C4H8O/c1-3-36-21(35)22(25,26)20-11-17(33(2)31-20)16-9-6-14(24)10-18(16)34-19(12-30-32-34)13-4-7-15(8-5-13)37-23(27,28)29;1-21(2,35)22(25,26)20-11-17(33(3)31-20)16-9-6-14(24)10-18(16)34-19(12-30-32-34)13-4-7-15(8-5-13)36-23(27,28)29;1-2-4-5-3-1/h4-12H,3H2,1-2H3;4-12,35H,1-3H3;1-4H2. The molecule has 4 aromatic carbocycles. The zero-order chi connectivity index (χ0) is 57.0. The van der Waals surface area contributed by atoms with E-state index in [1.54, 1.807) is 36.4 Å². The minimum absolute atomic E-state index is 0.219. The number of alkyl halides is 10. The molecule has 1 aliphatic heterocycles. The van der Waals surface area contributed by atoms with Crippen LogP contribution in [0.5, 0.6) is 11.5 Å². The number of ether oxygens (including phenoxy) is 4. The van der Waals surface area contributed by atoms with Crippen molar-refractivity contribution in [3.63, 3.8) is 0 Å². The van der Waals surface area contributed by atoms with Crippen LogP contribution in [0.15, 0.2) is 118 Å². The highest BCUT2D eigenvalue weighted by Gasteiger charge is 2.50. The average Bonchev–Trinajstić information content (AvgIpc) is 4.30. The first-order valence-electron chi connectivity index (χ1n) is 23.0. The fraction of sp³-hybridized carbons (Fsp3) is 0.300. The van der Waals surface area contributed by atoms with Crippen LogP contribution in [0, 0.1) is 0 Å². The highest BCUT2D eigenvalue weighted by atomic mass is 79.9. The Morgan fingerprint density at radius 1 is 0.615 bits per heavy atom. The number of carbonyl (C=O) groups is 1. The molecule has 8 aromatic rings. The molecule has 9 rings (SSSR count). The lowest BCUT2D eigenvalue weighted by atomic mass is 9.97. The summed E-state index contributed by atoms with van der Waals surface area (Å²) in [7, 11) is 2.93. The van der Waals surface area contributed by atoms with E-state index in [1.165, 1.54) is 95.3 Å². The maximum absolute atomic E-state index is 14.8. The van der Waals surface area contributed by atoms with E-state index < -0.39 is 53.3 Å². The van der Waals surface area contributed by atoms with E-state index in [9.17, 15) is 53.8 Å². The van der Waals surface area contributed by atoms with Gasteiger partial charge in [0.25, 0.3) is 0 Å². The Labute approximate surface area is 453 Å². The number of hydrogen-bond donors (Lipinski definition) is 1. The number of nitrogens with zero attached hydrogens (tertiary/aromatic N) is 10. The van der Waals surface area contributed by atoms with Crippen molar-refractivity contribution in [3.8, 4) is 67.9 Å². The number of hydrogen-bond acceptors (Lipinski definition) is 12. The van der Waals surface area contributed by atoms with Gasteiger partial charge in [0.05, 0.1) is 53.2 Å². The molecule has 78 heavy (non-hydrogen) atoms. The van der Waals surface area contributed by atoms with E-state index in [2.05, 4.69) is 76.9 Å². The minimum Gasteiger partial charge on any atom is -0.461 e. The topological polar surface area (TPSA) is 171 Å². The Hall–Kier alpha value is -7.17. The summed E-state index contributed by atoms with van der Waals surface area (Å²) in [6.45, 7) is 5.19. The highest BCUT2D eigenvalue weighted by Crippen LogP contribution is 2.42. The quantitative estimate of drug-likeness (QED) is 0.0857. The van der Waals surface area contributed by atoms with E-state index in [4.69, 9.17) is 4.74 Å². The van der Waals surface area contributed by atoms with Crippen LogP contribution >= 0.6 is 31.9 Å². The second-order valence-electron chi connectivity index (χ2n) is 17.4. The summed E-state index contributed by atoms with van der Waals surface area (Å²) in [5, 5.41) is 33.8. The lowest BCUT2D eigenvalue weighted by Gasteiger charge is -2.27. The summed E-state index contributed by atoms with van der Waals surface area (Å²) < 4.78 is 158. The number of aromatic nitrogens is 10. The predicted molar refractivity (Wildman–Crippen MR) is 268 cm³/mol. The van der Waals surface area contributed by atoms with Crippen LogP contribution in [0.25, 0.3) is 56.4 Å². The number of esters is 1. The van der Waals surface area contributed by atoms with Crippen LogP contribution in [0.2, 0.25) is 0 Å². The van der Waals surface area contributed by atoms with Gasteiger partial charge in [0, 0.05) is 58.5 Å². The zero-order valence-corrected chi connectivity index (χ0v) is 44.6. The molecule has 5 heterocycles. The number of aliphatic hydroxyl groups is 1. The maximum atomic E-state index is 14.8. The second kappa shape index (κ2) is 23.4. The van der Waals surface area contributed by atoms with E-state index in [1.807, 2.05) is 0 Å². The molecular formula is C50H44Br2F10N10O6. The third kappa shape index (κ3) is 13.7. The van der Waals surface area contributed by atoms with Crippen molar-refractivity contribution in [2.45, 2.75) is 63.8 Å². The molecule has 0 radical (unpaired) electrons. The van der Waals surface area contributed by atoms with Gasteiger partial charge in [0.2, 0.25) is 0 Å². The largest absolute Gasteiger partial charge is 0.573 e. The van der Waals surface area contributed by atoms with Crippen molar-refractivity contribution in [2.75, 3.05) is 19.8 Å². The number of benzene rings is 4. The van der Waals surface area contributed by atoms with Crippen molar-refractivity contribution >= 4 is 37.8 Å². The van der Waals surface area contributed by atoms with Gasteiger partial charge in [-0.15, -0.1) is 36.5 Å². The lowest BCUT2D eigenvalue weighted by Crippen LogP contribution is -2.40. The molecule has 1 N–H and O–H groups in total. The van der Waals surface area contributed by atoms with Gasteiger partial charge in [-0.05, 0) is 131 Å². The minimum atomic E-state index is -4.83. The molecule has 1 fully saturated rings. The van der Waals surface area contributed by atoms with Crippen molar-refractivity contribution < 1.29 is 72.8 Å². The van der Waals surface area contributed by atoms with Gasteiger partial charge in [-0.1, -0.05) is 42.3 Å². The van der Waals surface area contributed by atoms with Crippen molar-refractivity contribution in [2.24, 2.45) is 14.1 Å². The molecule has 0 atom stereocenters. The molecule has 28 heteroatoms.